The van der Waals surface area contributed by atoms with Gasteiger partial charge >= 0.3 is 0 Å². The summed E-state index contributed by atoms with van der Waals surface area (Å²) in [5.41, 5.74) is 1.06. The van der Waals surface area contributed by atoms with Gasteiger partial charge in [-0.15, -0.1) is 12.4 Å². The van der Waals surface area contributed by atoms with Gasteiger partial charge in [-0.1, -0.05) is 40.9 Å². The van der Waals surface area contributed by atoms with E-state index in [0.29, 0.717) is 21.1 Å². The number of hydrogen-bond donors (Lipinski definition) is 1. The normalized spacial score (nSPS) is 17.2. The van der Waals surface area contributed by atoms with E-state index >= 15 is 0 Å². The zero-order valence-corrected chi connectivity index (χ0v) is 15.4. The van der Waals surface area contributed by atoms with Gasteiger partial charge in [0.25, 0.3) is 0 Å². The number of pyridine rings is 1. The Morgan fingerprint density at radius 3 is 2.61 bits per heavy atom. The van der Waals surface area contributed by atoms with E-state index in [-0.39, 0.29) is 12.4 Å². The van der Waals surface area contributed by atoms with Crippen molar-refractivity contribution in [3.05, 3.63) is 57.2 Å². The highest BCUT2D eigenvalue weighted by Crippen LogP contribution is 2.22. The molecule has 0 radical (unpaired) electrons. The third kappa shape index (κ3) is 4.88. The summed E-state index contributed by atoms with van der Waals surface area (Å²) in [5.74, 6) is 0.971. The van der Waals surface area contributed by atoms with Crippen molar-refractivity contribution < 1.29 is 0 Å². The predicted octanol–water partition coefficient (Wildman–Crippen LogP) is 4.83. The van der Waals surface area contributed by atoms with Gasteiger partial charge in [0.1, 0.15) is 5.82 Å². The van der Waals surface area contributed by atoms with Crippen molar-refractivity contribution in [1.29, 1.82) is 0 Å². The van der Waals surface area contributed by atoms with Gasteiger partial charge in [-0.25, -0.2) is 4.98 Å². The second-order valence-corrected chi connectivity index (χ2v) is 6.66. The van der Waals surface area contributed by atoms with Crippen LogP contribution in [0.25, 0.3) is 0 Å². The van der Waals surface area contributed by atoms with Crippen LogP contribution < -0.4 is 10.2 Å². The molecule has 0 spiro atoms. The molecule has 0 unspecified atom stereocenters. The van der Waals surface area contributed by atoms with E-state index in [9.17, 15) is 0 Å². The molecular formula is C16H17Cl4N3. The maximum Gasteiger partial charge on any atom is 0.128 e. The lowest BCUT2D eigenvalue weighted by molar-refractivity contribution is 0.551. The van der Waals surface area contributed by atoms with Crippen LogP contribution in [0.1, 0.15) is 12.0 Å². The van der Waals surface area contributed by atoms with E-state index < -0.39 is 0 Å². The first-order chi connectivity index (χ1) is 10.6. The summed E-state index contributed by atoms with van der Waals surface area (Å²) in [6.07, 6.45) is 2.76. The molecule has 7 heteroatoms. The Kier molecular flexibility index (Phi) is 6.81. The largest absolute Gasteiger partial charge is 0.355 e. The summed E-state index contributed by atoms with van der Waals surface area (Å²) in [6.45, 7) is 2.66. The Labute approximate surface area is 157 Å². The summed E-state index contributed by atoms with van der Waals surface area (Å²) in [4.78, 5) is 6.63. The molecule has 1 aromatic heterocycles. The summed E-state index contributed by atoms with van der Waals surface area (Å²) >= 11 is 18.0. The number of halogens is 4. The lowest BCUT2D eigenvalue weighted by atomic mass is 10.2. The molecule has 0 bridgehead atoms. The smallest absolute Gasteiger partial charge is 0.128 e. The lowest BCUT2D eigenvalue weighted by Crippen LogP contribution is -2.32. The first kappa shape index (κ1) is 18.6. The molecule has 1 fully saturated rings. The average molecular weight is 393 g/mol. The molecule has 23 heavy (non-hydrogen) atoms. The molecule has 0 amide bonds. The maximum atomic E-state index is 6.20. The third-order valence-electron chi connectivity index (χ3n) is 3.82. The minimum Gasteiger partial charge on any atom is -0.355 e. The zero-order chi connectivity index (χ0) is 15.5. The first-order valence-corrected chi connectivity index (χ1v) is 8.29. The van der Waals surface area contributed by atoms with E-state index in [2.05, 4.69) is 15.2 Å². The Morgan fingerprint density at radius 1 is 1.13 bits per heavy atom. The number of aromatic nitrogens is 1. The van der Waals surface area contributed by atoms with Gasteiger partial charge in [-0.05, 0) is 36.2 Å². The highest BCUT2D eigenvalue weighted by molar-refractivity contribution is 6.35. The van der Waals surface area contributed by atoms with Crippen molar-refractivity contribution >= 4 is 53.0 Å². The minimum absolute atomic E-state index is 0. The van der Waals surface area contributed by atoms with Crippen molar-refractivity contribution in [1.82, 2.24) is 10.3 Å². The highest BCUT2D eigenvalue weighted by Gasteiger charge is 2.23. The van der Waals surface area contributed by atoms with Crippen molar-refractivity contribution in [3.8, 4) is 0 Å². The zero-order valence-electron chi connectivity index (χ0n) is 12.3. The highest BCUT2D eigenvalue weighted by atomic mass is 35.5. The second kappa shape index (κ2) is 8.41. The van der Waals surface area contributed by atoms with E-state index in [1.54, 1.807) is 12.3 Å². The van der Waals surface area contributed by atoms with Gasteiger partial charge in [-0.2, -0.15) is 0 Å². The SMILES string of the molecule is Cl.Clc1ccc(N2CC[C@H](NCc3ccc(Cl)cc3Cl)C2)nc1. The fourth-order valence-electron chi connectivity index (χ4n) is 2.61. The Balaban J connectivity index is 0.00000192. The number of nitrogens with zero attached hydrogens (tertiary/aromatic N) is 2. The molecule has 1 aliphatic heterocycles. The molecule has 1 aromatic carbocycles. The van der Waals surface area contributed by atoms with Crippen LogP contribution in [0.2, 0.25) is 15.1 Å². The van der Waals surface area contributed by atoms with Crippen LogP contribution in [-0.4, -0.2) is 24.1 Å². The molecule has 2 heterocycles. The van der Waals surface area contributed by atoms with Gasteiger partial charge in [-0.3, -0.25) is 0 Å². The van der Waals surface area contributed by atoms with Crippen LogP contribution in [0, 0.1) is 0 Å². The first-order valence-electron chi connectivity index (χ1n) is 7.15. The topological polar surface area (TPSA) is 28.2 Å². The molecule has 1 aliphatic rings. The fourth-order valence-corrected chi connectivity index (χ4v) is 3.20. The second-order valence-electron chi connectivity index (χ2n) is 5.38. The lowest BCUT2D eigenvalue weighted by Gasteiger charge is -2.18. The van der Waals surface area contributed by atoms with E-state index in [1.165, 1.54) is 0 Å². The third-order valence-corrected chi connectivity index (χ3v) is 4.63. The molecule has 1 N–H and O–H groups in total. The molecule has 3 rings (SSSR count). The molecule has 3 nitrogen and oxygen atoms in total. The number of hydrogen-bond acceptors (Lipinski definition) is 3. The van der Waals surface area contributed by atoms with Gasteiger partial charge in [0.15, 0.2) is 0 Å². The average Bonchev–Trinajstić information content (AvgIpc) is 2.96. The number of nitrogens with one attached hydrogen (secondary N) is 1. The molecule has 1 atom stereocenters. The van der Waals surface area contributed by atoms with Gasteiger partial charge in [0, 0.05) is 41.9 Å². The number of anilines is 1. The standard InChI is InChI=1S/C16H16Cl3N3.ClH/c17-12-2-1-11(15(19)7-12)8-20-14-5-6-22(10-14)16-4-3-13(18)9-21-16;/h1-4,7,9,14,20H,5-6,8,10H2;1H/t14-;/m0./s1. The van der Waals surface area contributed by atoms with Crippen LogP contribution in [-0.2, 0) is 6.54 Å². The fraction of sp³-hybridized carbons (Fsp3) is 0.312. The monoisotopic (exact) mass is 391 g/mol. The van der Waals surface area contributed by atoms with Crippen LogP contribution >= 0.6 is 47.2 Å². The van der Waals surface area contributed by atoms with Gasteiger partial charge < -0.3 is 10.2 Å². The predicted molar refractivity (Wildman–Crippen MR) is 100 cm³/mol. The number of benzene rings is 1. The summed E-state index contributed by atoms with van der Waals surface area (Å²) in [5, 5.41) is 5.57. The van der Waals surface area contributed by atoms with Crippen LogP contribution in [0.3, 0.4) is 0 Å². The van der Waals surface area contributed by atoms with Crippen molar-refractivity contribution in [2.45, 2.75) is 19.0 Å². The van der Waals surface area contributed by atoms with Crippen LogP contribution in [0.4, 0.5) is 5.82 Å². The summed E-state index contributed by atoms with van der Waals surface area (Å²) in [7, 11) is 0. The number of rotatable bonds is 4. The van der Waals surface area contributed by atoms with E-state index in [1.807, 2.05) is 24.3 Å². The molecular weight excluding hydrogens is 376 g/mol. The summed E-state index contributed by atoms with van der Waals surface area (Å²) in [6, 6.07) is 9.86. The maximum absolute atomic E-state index is 6.20. The quantitative estimate of drug-likeness (QED) is 0.807. The molecule has 2 aromatic rings. The van der Waals surface area contributed by atoms with Crippen molar-refractivity contribution in [2.75, 3.05) is 18.0 Å². The van der Waals surface area contributed by atoms with Crippen molar-refractivity contribution in [3.63, 3.8) is 0 Å². The Bertz CT molecular complexity index is 648. The van der Waals surface area contributed by atoms with Gasteiger partial charge in [0.05, 0.1) is 5.02 Å². The molecule has 1 saturated heterocycles. The van der Waals surface area contributed by atoms with Crippen LogP contribution in [0.15, 0.2) is 36.5 Å². The van der Waals surface area contributed by atoms with E-state index in [0.717, 1.165) is 37.4 Å². The van der Waals surface area contributed by atoms with Crippen molar-refractivity contribution in [2.24, 2.45) is 0 Å². The van der Waals surface area contributed by atoms with Crippen LogP contribution in [0.5, 0.6) is 0 Å². The molecule has 0 aliphatic carbocycles. The Hall–Kier alpha value is -0.710. The Morgan fingerprint density at radius 2 is 1.91 bits per heavy atom. The molecule has 0 saturated carbocycles. The summed E-state index contributed by atoms with van der Waals surface area (Å²) < 4.78 is 0. The molecule has 124 valence electrons. The van der Waals surface area contributed by atoms with E-state index in [4.69, 9.17) is 34.8 Å². The minimum atomic E-state index is 0. The van der Waals surface area contributed by atoms with Gasteiger partial charge in [0.2, 0.25) is 0 Å².